The van der Waals surface area contributed by atoms with Crippen LogP contribution in [0.1, 0.15) is 53.4 Å². The Morgan fingerprint density at radius 2 is 2.11 bits per heavy atom. The number of ketones is 1. The number of hydrogen-bond acceptors (Lipinski definition) is 8. The maximum atomic E-state index is 12.1. The summed E-state index contributed by atoms with van der Waals surface area (Å²) in [4.78, 5) is 29.0. The Labute approximate surface area is 207 Å². The van der Waals surface area contributed by atoms with Gasteiger partial charge >= 0.3 is 5.97 Å². The summed E-state index contributed by atoms with van der Waals surface area (Å²) in [6.07, 6.45) is 7.74. The summed E-state index contributed by atoms with van der Waals surface area (Å²) in [5, 5.41) is 18.3. The Kier molecular flexibility index (Phi) is 5.55. The fourth-order valence-electron chi connectivity index (χ4n) is 8.24. The molecule has 8 nitrogen and oxygen atoms in total. The number of nitrogens with zero attached hydrogens (tertiary/aromatic N) is 3. The van der Waals surface area contributed by atoms with Gasteiger partial charge in [-0.05, 0) is 37.2 Å². The molecule has 0 radical (unpaired) electrons. The van der Waals surface area contributed by atoms with E-state index in [1.54, 1.807) is 11.1 Å². The van der Waals surface area contributed by atoms with Crippen LogP contribution in [0.25, 0.3) is 0 Å². The van der Waals surface area contributed by atoms with Gasteiger partial charge in [-0.25, -0.2) is 4.99 Å². The number of aliphatic hydroxyl groups excluding tert-OH is 1. The lowest BCUT2D eigenvalue weighted by Gasteiger charge is -2.59. The first kappa shape index (κ1) is 24.2. The van der Waals surface area contributed by atoms with Gasteiger partial charge in [0.05, 0.1) is 6.10 Å². The molecule has 35 heavy (non-hydrogen) atoms. The minimum absolute atomic E-state index is 0.0218. The summed E-state index contributed by atoms with van der Waals surface area (Å²) in [6, 6.07) is 0. The molecule has 0 amide bonds. The summed E-state index contributed by atoms with van der Waals surface area (Å²) in [7, 11) is 3.69. The van der Waals surface area contributed by atoms with Crippen molar-refractivity contribution in [2.24, 2.45) is 38.7 Å². The number of rotatable bonds is 4. The van der Waals surface area contributed by atoms with Crippen molar-refractivity contribution < 1.29 is 24.2 Å². The molecule has 4 aliphatic carbocycles. The molecule has 2 saturated carbocycles. The average Bonchev–Trinajstić information content (AvgIpc) is 3.21. The number of ether oxygens (including phenoxy) is 2. The van der Waals surface area contributed by atoms with Gasteiger partial charge in [-0.2, -0.15) is 5.10 Å². The molecule has 0 bridgehead atoms. The minimum Gasteiger partial charge on any atom is -0.475 e. The van der Waals surface area contributed by atoms with Crippen molar-refractivity contribution in [1.29, 1.82) is 0 Å². The predicted octanol–water partition coefficient (Wildman–Crippen LogP) is 2.91. The molecule has 8 atom stereocenters. The van der Waals surface area contributed by atoms with E-state index in [1.165, 1.54) is 6.92 Å². The molecule has 2 fully saturated rings. The summed E-state index contributed by atoms with van der Waals surface area (Å²) < 4.78 is 11.8. The van der Waals surface area contributed by atoms with Crippen LogP contribution in [0.4, 0.5) is 0 Å². The second kappa shape index (κ2) is 8.02. The normalized spacial score (nSPS) is 43.8. The number of allylic oxidation sites excluding steroid dienone is 4. The van der Waals surface area contributed by atoms with E-state index in [9.17, 15) is 14.7 Å². The van der Waals surface area contributed by atoms with E-state index >= 15 is 0 Å². The fraction of sp³-hybridized carbons (Fsp3) is 0.704. The Balaban J connectivity index is 1.61. The lowest BCUT2D eigenvalue weighted by Crippen LogP contribution is -2.62. The van der Waals surface area contributed by atoms with E-state index < -0.39 is 17.1 Å². The molecule has 0 aromatic rings. The predicted molar refractivity (Wildman–Crippen MR) is 132 cm³/mol. The third-order valence-electron chi connectivity index (χ3n) is 9.47. The third-order valence-corrected chi connectivity index (χ3v) is 9.47. The van der Waals surface area contributed by atoms with E-state index in [0.717, 1.165) is 18.4 Å². The van der Waals surface area contributed by atoms with Crippen molar-refractivity contribution in [1.82, 2.24) is 5.01 Å². The first-order chi connectivity index (χ1) is 16.4. The lowest BCUT2D eigenvalue weighted by molar-refractivity contribution is -0.139. The molecule has 0 aromatic heterocycles. The van der Waals surface area contributed by atoms with Gasteiger partial charge < -0.3 is 19.6 Å². The smallest absolute Gasteiger partial charge is 0.303 e. The van der Waals surface area contributed by atoms with Crippen molar-refractivity contribution in [3.8, 4) is 0 Å². The Hall–Kier alpha value is -2.48. The Morgan fingerprint density at radius 1 is 1.37 bits per heavy atom. The molecule has 0 saturated heterocycles. The van der Waals surface area contributed by atoms with Gasteiger partial charge in [0.15, 0.2) is 11.7 Å². The second-order valence-corrected chi connectivity index (χ2v) is 11.6. The largest absolute Gasteiger partial charge is 0.475 e. The van der Waals surface area contributed by atoms with Crippen LogP contribution in [0.15, 0.2) is 33.9 Å². The SMILES string of the molecule is CC(=O)OCC(=NN(C)C)[C@@]12N=C(C)O[C@@H]1C[C@H]1[C@@H]3CC=C4CC(=O)C=C[C@]4(C)[C@H]3[C@@H](O)C[C@@]12C. The zero-order valence-corrected chi connectivity index (χ0v) is 21.6. The van der Waals surface area contributed by atoms with Crippen molar-refractivity contribution >= 4 is 23.4 Å². The summed E-state index contributed by atoms with van der Waals surface area (Å²) >= 11 is 0. The zero-order chi connectivity index (χ0) is 25.3. The van der Waals surface area contributed by atoms with Gasteiger partial charge in [-0.15, -0.1) is 0 Å². The molecule has 1 heterocycles. The molecule has 5 aliphatic rings. The minimum atomic E-state index is -0.823. The van der Waals surface area contributed by atoms with Crippen LogP contribution in [-0.2, 0) is 19.1 Å². The van der Waals surface area contributed by atoms with Crippen LogP contribution >= 0.6 is 0 Å². The van der Waals surface area contributed by atoms with Crippen LogP contribution in [-0.4, -0.2) is 71.9 Å². The highest BCUT2D eigenvalue weighted by Gasteiger charge is 2.73. The van der Waals surface area contributed by atoms with Crippen LogP contribution in [0.5, 0.6) is 0 Å². The maximum Gasteiger partial charge on any atom is 0.303 e. The molecule has 8 heteroatoms. The van der Waals surface area contributed by atoms with E-state index in [1.807, 2.05) is 27.1 Å². The molecule has 1 N–H and O–H groups in total. The van der Waals surface area contributed by atoms with Crippen molar-refractivity contribution in [2.45, 2.75) is 71.1 Å². The first-order valence-electron chi connectivity index (χ1n) is 12.6. The molecule has 0 spiro atoms. The Morgan fingerprint density at radius 3 is 2.80 bits per heavy atom. The number of carbonyl (C=O) groups is 2. The summed E-state index contributed by atoms with van der Waals surface area (Å²) in [5.74, 6) is 0.823. The van der Waals surface area contributed by atoms with Gasteiger partial charge in [-0.3, -0.25) is 9.59 Å². The number of hydrazone groups is 1. The lowest BCUT2D eigenvalue weighted by atomic mass is 9.46. The van der Waals surface area contributed by atoms with Crippen molar-refractivity contribution in [3.63, 3.8) is 0 Å². The van der Waals surface area contributed by atoms with Crippen LogP contribution in [0.3, 0.4) is 0 Å². The van der Waals surface area contributed by atoms with Gasteiger partial charge in [-0.1, -0.05) is 31.6 Å². The van der Waals surface area contributed by atoms with E-state index in [2.05, 4.69) is 19.9 Å². The number of fused-ring (bicyclic) bond motifs is 7. The number of hydrogen-bond donors (Lipinski definition) is 1. The molecule has 1 aliphatic heterocycles. The molecular weight excluding hydrogens is 446 g/mol. The van der Waals surface area contributed by atoms with Crippen LogP contribution in [0.2, 0.25) is 0 Å². The van der Waals surface area contributed by atoms with Gasteiger partial charge in [0, 0.05) is 51.1 Å². The van der Waals surface area contributed by atoms with Crippen LogP contribution < -0.4 is 0 Å². The number of aliphatic imine (C=N–C) groups is 1. The van der Waals surface area contributed by atoms with E-state index in [-0.39, 0.29) is 47.6 Å². The van der Waals surface area contributed by atoms with Gasteiger partial charge in [0.25, 0.3) is 0 Å². The van der Waals surface area contributed by atoms with Gasteiger partial charge in [0.1, 0.15) is 24.0 Å². The first-order valence-corrected chi connectivity index (χ1v) is 12.6. The molecule has 0 aromatic carbocycles. The quantitative estimate of drug-likeness (QED) is 0.286. The van der Waals surface area contributed by atoms with Gasteiger partial charge in [0.2, 0.25) is 0 Å². The highest BCUT2D eigenvalue weighted by Crippen LogP contribution is 2.68. The number of carbonyl (C=O) groups excluding carboxylic acids is 2. The van der Waals surface area contributed by atoms with Crippen LogP contribution in [0, 0.1) is 28.6 Å². The molecular formula is C27H37N3O5. The number of esters is 1. The standard InChI is InChI=1S/C27H37N3O5/c1-15-28-27(22(29-30(5)6)14-34-16(2)31)23(35-15)12-20-19-8-7-17-11-18(32)9-10-25(17,3)24(19)21(33)13-26(20,27)4/h7,9-10,19-21,23-24,33H,8,11-14H2,1-6H3/t19-,20-,21-,23+,24+,25-,26-,27+/m0/s1. The monoisotopic (exact) mass is 483 g/mol. The molecule has 0 unspecified atom stereocenters. The summed E-state index contributed by atoms with van der Waals surface area (Å²) in [5.41, 5.74) is 0.200. The number of aliphatic hydroxyl groups is 1. The summed E-state index contributed by atoms with van der Waals surface area (Å²) in [6.45, 7) is 7.67. The topological polar surface area (TPSA) is 101 Å². The molecule has 190 valence electrons. The van der Waals surface area contributed by atoms with E-state index in [0.29, 0.717) is 24.5 Å². The third kappa shape index (κ3) is 3.35. The van der Waals surface area contributed by atoms with E-state index in [4.69, 9.17) is 19.6 Å². The van der Waals surface area contributed by atoms with Crippen molar-refractivity contribution in [3.05, 3.63) is 23.8 Å². The average molecular weight is 484 g/mol. The zero-order valence-electron chi connectivity index (χ0n) is 21.6. The Bertz CT molecular complexity index is 1080. The van der Waals surface area contributed by atoms with Crippen molar-refractivity contribution in [2.75, 3.05) is 20.7 Å². The molecule has 5 rings (SSSR count). The maximum absolute atomic E-state index is 12.1. The fourth-order valence-corrected chi connectivity index (χ4v) is 8.24. The second-order valence-electron chi connectivity index (χ2n) is 11.6. The highest BCUT2D eigenvalue weighted by molar-refractivity contribution is 6.01. The highest BCUT2D eigenvalue weighted by atomic mass is 16.5.